The maximum absolute atomic E-state index is 6.00. The van der Waals surface area contributed by atoms with E-state index in [0.717, 1.165) is 36.4 Å². The highest BCUT2D eigenvalue weighted by molar-refractivity contribution is 5.13. The fraction of sp³-hybridized carbons (Fsp3) is 0.867. The van der Waals surface area contributed by atoms with E-state index >= 15 is 0 Å². The van der Waals surface area contributed by atoms with E-state index < -0.39 is 0 Å². The summed E-state index contributed by atoms with van der Waals surface area (Å²) in [5, 5.41) is 4.31. The van der Waals surface area contributed by atoms with Crippen LogP contribution < -0.4 is 5.73 Å². The molecule has 0 spiro atoms. The van der Waals surface area contributed by atoms with Gasteiger partial charge < -0.3 is 10.3 Å². The van der Waals surface area contributed by atoms with E-state index in [9.17, 15) is 0 Å². The molecular weight excluding hydrogens is 238 g/mol. The third-order valence-corrected chi connectivity index (χ3v) is 5.92. The largest absolute Gasteiger partial charge is 0.339 e. The Kier molecular flexibility index (Phi) is 2.69. The third kappa shape index (κ3) is 1.76. The Bertz CT molecular complexity index is 464. The molecule has 2 bridgehead atoms. The van der Waals surface area contributed by atoms with E-state index in [-0.39, 0.29) is 5.41 Å². The highest BCUT2D eigenvalue weighted by Gasteiger charge is 2.44. The zero-order valence-corrected chi connectivity index (χ0v) is 11.5. The molecule has 3 saturated carbocycles. The molecule has 3 aliphatic carbocycles. The topological polar surface area (TPSA) is 64.9 Å². The molecule has 2 N–H and O–H groups in total. The molecule has 0 saturated heterocycles. The van der Waals surface area contributed by atoms with E-state index in [0.29, 0.717) is 12.5 Å². The Morgan fingerprint density at radius 3 is 2.68 bits per heavy atom. The van der Waals surface area contributed by atoms with Gasteiger partial charge in [0.1, 0.15) is 0 Å². The standard InChI is InChI=1S/C15H23N3O/c16-9-15(5-1-2-6-15)14-17-13(18-19-14)12-8-10-3-4-11(12)7-10/h10-12H,1-9,16H2. The van der Waals surface area contributed by atoms with Gasteiger partial charge in [-0.3, -0.25) is 0 Å². The van der Waals surface area contributed by atoms with E-state index in [2.05, 4.69) is 5.16 Å². The van der Waals surface area contributed by atoms with Gasteiger partial charge in [0.05, 0.1) is 5.41 Å². The SMILES string of the molecule is NCC1(c2nc(C3CC4CCC3C4)no2)CCCC1. The minimum atomic E-state index is -0.0110. The van der Waals surface area contributed by atoms with Crippen LogP contribution in [-0.4, -0.2) is 16.7 Å². The van der Waals surface area contributed by atoms with Crippen molar-refractivity contribution in [1.82, 2.24) is 10.1 Å². The van der Waals surface area contributed by atoms with Gasteiger partial charge in [-0.2, -0.15) is 4.98 Å². The molecule has 4 nitrogen and oxygen atoms in total. The van der Waals surface area contributed by atoms with Crippen molar-refractivity contribution in [3.63, 3.8) is 0 Å². The highest BCUT2D eigenvalue weighted by atomic mass is 16.5. The van der Waals surface area contributed by atoms with Gasteiger partial charge in [-0.25, -0.2) is 0 Å². The molecule has 0 aromatic carbocycles. The van der Waals surface area contributed by atoms with Crippen LogP contribution in [0.4, 0.5) is 0 Å². The number of fused-ring (bicyclic) bond motifs is 2. The summed E-state index contributed by atoms with van der Waals surface area (Å²) in [6.45, 7) is 0.644. The lowest BCUT2D eigenvalue weighted by Gasteiger charge is -2.22. The maximum atomic E-state index is 6.00. The number of rotatable bonds is 3. The first kappa shape index (κ1) is 11.9. The third-order valence-electron chi connectivity index (χ3n) is 5.92. The van der Waals surface area contributed by atoms with Gasteiger partial charge in [-0.1, -0.05) is 24.4 Å². The van der Waals surface area contributed by atoms with Crippen LogP contribution in [0.1, 0.15) is 69.0 Å². The Hall–Kier alpha value is -0.900. The quantitative estimate of drug-likeness (QED) is 0.908. The van der Waals surface area contributed by atoms with Crippen molar-refractivity contribution < 1.29 is 4.52 Å². The Morgan fingerprint density at radius 1 is 1.21 bits per heavy atom. The Labute approximate surface area is 114 Å². The number of aromatic nitrogens is 2. The molecule has 104 valence electrons. The highest BCUT2D eigenvalue weighted by Crippen LogP contribution is 2.52. The summed E-state index contributed by atoms with van der Waals surface area (Å²) in [4.78, 5) is 4.78. The van der Waals surface area contributed by atoms with Crippen LogP contribution in [0.3, 0.4) is 0 Å². The first-order chi connectivity index (χ1) is 9.31. The van der Waals surface area contributed by atoms with E-state index in [4.69, 9.17) is 15.2 Å². The van der Waals surface area contributed by atoms with Crippen molar-refractivity contribution in [3.05, 3.63) is 11.7 Å². The monoisotopic (exact) mass is 261 g/mol. The summed E-state index contributed by atoms with van der Waals surface area (Å²) >= 11 is 0. The average Bonchev–Trinajstić information content (AvgIpc) is 3.20. The molecule has 4 rings (SSSR count). The second-order valence-corrected chi connectivity index (χ2v) is 6.93. The summed E-state index contributed by atoms with van der Waals surface area (Å²) < 4.78 is 5.62. The second-order valence-electron chi connectivity index (χ2n) is 6.93. The van der Waals surface area contributed by atoms with E-state index in [1.165, 1.54) is 38.5 Å². The number of nitrogens with zero attached hydrogens (tertiary/aromatic N) is 2. The molecule has 0 radical (unpaired) electrons. The zero-order valence-electron chi connectivity index (χ0n) is 11.5. The summed E-state index contributed by atoms with van der Waals surface area (Å²) in [6, 6.07) is 0. The van der Waals surface area contributed by atoms with Crippen molar-refractivity contribution in [3.8, 4) is 0 Å². The number of hydrogen-bond donors (Lipinski definition) is 1. The molecular formula is C15H23N3O. The molecule has 19 heavy (non-hydrogen) atoms. The maximum Gasteiger partial charge on any atom is 0.234 e. The van der Waals surface area contributed by atoms with Crippen molar-refractivity contribution in [2.24, 2.45) is 17.6 Å². The van der Waals surface area contributed by atoms with Crippen molar-refractivity contribution in [1.29, 1.82) is 0 Å². The van der Waals surface area contributed by atoms with Crippen LogP contribution in [0.25, 0.3) is 0 Å². The first-order valence-electron chi connectivity index (χ1n) is 7.85. The fourth-order valence-electron chi connectivity index (χ4n) is 4.72. The fourth-order valence-corrected chi connectivity index (χ4v) is 4.72. The van der Waals surface area contributed by atoms with Gasteiger partial charge in [0.2, 0.25) is 5.89 Å². The lowest BCUT2D eigenvalue weighted by atomic mass is 9.85. The Morgan fingerprint density at radius 2 is 2.05 bits per heavy atom. The van der Waals surface area contributed by atoms with Gasteiger partial charge in [0.25, 0.3) is 0 Å². The molecule has 4 heteroatoms. The summed E-state index contributed by atoms with van der Waals surface area (Å²) in [5.74, 6) is 4.10. The molecule has 3 aliphatic rings. The van der Waals surface area contributed by atoms with Gasteiger partial charge in [0.15, 0.2) is 5.82 Å². The molecule has 3 atom stereocenters. The van der Waals surface area contributed by atoms with Crippen molar-refractivity contribution in [2.75, 3.05) is 6.54 Å². The van der Waals surface area contributed by atoms with Crippen LogP contribution in [-0.2, 0) is 5.41 Å². The minimum Gasteiger partial charge on any atom is -0.339 e. The van der Waals surface area contributed by atoms with Gasteiger partial charge in [-0.15, -0.1) is 0 Å². The first-order valence-corrected chi connectivity index (χ1v) is 7.85. The van der Waals surface area contributed by atoms with Crippen LogP contribution >= 0.6 is 0 Å². The smallest absolute Gasteiger partial charge is 0.234 e. The predicted octanol–water partition coefficient (Wildman–Crippen LogP) is 2.74. The van der Waals surface area contributed by atoms with Crippen LogP contribution in [0.2, 0.25) is 0 Å². The molecule has 0 aliphatic heterocycles. The lowest BCUT2D eigenvalue weighted by Crippen LogP contribution is -2.32. The van der Waals surface area contributed by atoms with Crippen LogP contribution in [0.5, 0.6) is 0 Å². The average molecular weight is 261 g/mol. The van der Waals surface area contributed by atoms with Crippen molar-refractivity contribution >= 4 is 0 Å². The minimum absolute atomic E-state index is 0.0110. The molecule has 3 unspecified atom stereocenters. The molecule has 1 aromatic heterocycles. The lowest BCUT2D eigenvalue weighted by molar-refractivity contribution is 0.280. The normalized spacial score (nSPS) is 36.2. The molecule has 1 heterocycles. The summed E-state index contributed by atoms with van der Waals surface area (Å²) in [6.07, 6.45) is 10.1. The number of nitrogens with two attached hydrogens (primary N) is 1. The van der Waals surface area contributed by atoms with Gasteiger partial charge >= 0.3 is 0 Å². The molecule has 1 aromatic rings. The summed E-state index contributed by atoms with van der Waals surface area (Å²) in [5.41, 5.74) is 5.99. The van der Waals surface area contributed by atoms with Gasteiger partial charge in [0, 0.05) is 12.5 Å². The molecule has 3 fully saturated rings. The van der Waals surface area contributed by atoms with Crippen LogP contribution in [0.15, 0.2) is 4.52 Å². The molecule has 0 amide bonds. The van der Waals surface area contributed by atoms with E-state index in [1.54, 1.807) is 0 Å². The van der Waals surface area contributed by atoms with Gasteiger partial charge in [-0.05, 0) is 43.9 Å². The van der Waals surface area contributed by atoms with Crippen molar-refractivity contribution in [2.45, 2.75) is 62.7 Å². The number of hydrogen-bond acceptors (Lipinski definition) is 4. The summed E-state index contributed by atoms with van der Waals surface area (Å²) in [7, 11) is 0. The van der Waals surface area contributed by atoms with E-state index in [1.807, 2.05) is 0 Å². The van der Waals surface area contributed by atoms with Crippen LogP contribution in [0, 0.1) is 11.8 Å². The Balaban J connectivity index is 1.59. The predicted molar refractivity (Wildman–Crippen MR) is 71.7 cm³/mol. The second kappa shape index (κ2) is 4.30. The zero-order chi connectivity index (χ0) is 12.9.